The van der Waals surface area contributed by atoms with Crippen LogP contribution >= 0.6 is 11.3 Å². The highest BCUT2D eigenvalue weighted by Gasteiger charge is 2.23. The Bertz CT molecular complexity index is 833. The lowest BCUT2D eigenvalue weighted by Crippen LogP contribution is -2.47. The molecule has 1 aliphatic carbocycles. The summed E-state index contributed by atoms with van der Waals surface area (Å²) in [6.45, 7) is 1.43. The molecule has 2 heterocycles. The molecule has 2 aromatic rings. The van der Waals surface area contributed by atoms with Crippen LogP contribution < -0.4 is 10.6 Å². The monoisotopic (exact) mass is 402 g/mol. The van der Waals surface area contributed by atoms with Crippen LogP contribution in [0.1, 0.15) is 38.3 Å². The smallest absolute Gasteiger partial charge is 0.321 e. The zero-order valence-electron chi connectivity index (χ0n) is 15.5. The van der Waals surface area contributed by atoms with Gasteiger partial charge in [0.05, 0.1) is 12.1 Å². The van der Waals surface area contributed by atoms with Crippen LogP contribution in [0.3, 0.4) is 0 Å². The van der Waals surface area contributed by atoms with Crippen LogP contribution in [0.4, 0.5) is 4.79 Å². The van der Waals surface area contributed by atoms with Crippen molar-refractivity contribution < 1.29 is 19.1 Å². The second-order valence-corrected chi connectivity index (χ2v) is 7.50. The molecular formula is C19H22N4O4S. The Kier molecular flexibility index (Phi) is 6.70. The SMILES string of the molecule is C[C@@H](OC(=O)Cc1csc(-c2cccnc2)n1)C(=O)NC(=O)NC1CCCC1. The highest BCUT2D eigenvalue weighted by atomic mass is 32.1. The van der Waals surface area contributed by atoms with Gasteiger partial charge in [0.1, 0.15) is 5.01 Å². The van der Waals surface area contributed by atoms with Crippen LogP contribution in [0, 0.1) is 0 Å². The van der Waals surface area contributed by atoms with Crippen LogP contribution in [0.5, 0.6) is 0 Å². The number of hydrogen-bond acceptors (Lipinski definition) is 7. The Morgan fingerprint density at radius 1 is 1.32 bits per heavy atom. The van der Waals surface area contributed by atoms with Gasteiger partial charge in [-0.25, -0.2) is 9.78 Å². The number of nitrogens with one attached hydrogen (secondary N) is 2. The molecule has 9 heteroatoms. The lowest BCUT2D eigenvalue weighted by Gasteiger charge is -2.15. The third kappa shape index (κ3) is 5.59. The second-order valence-electron chi connectivity index (χ2n) is 6.64. The molecule has 2 aromatic heterocycles. The van der Waals surface area contributed by atoms with Crippen LogP contribution in [-0.4, -0.2) is 40.0 Å². The Hall–Kier alpha value is -2.81. The number of ether oxygens (including phenoxy) is 1. The van der Waals surface area contributed by atoms with E-state index in [1.807, 2.05) is 12.1 Å². The van der Waals surface area contributed by atoms with Gasteiger partial charge in [0, 0.05) is 29.4 Å². The van der Waals surface area contributed by atoms with Crippen molar-refractivity contribution in [1.29, 1.82) is 0 Å². The predicted octanol–water partition coefficient (Wildman–Crippen LogP) is 2.45. The van der Waals surface area contributed by atoms with E-state index in [9.17, 15) is 14.4 Å². The first kappa shape index (κ1) is 19.9. The third-order valence-electron chi connectivity index (χ3n) is 4.39. The molecule has 1 fully saturated rings. The number of esters is 1. The standard InChI is InChI=1S/C19H22N4O4S/c1-12(17(25)23-19(26)22-14-6-2-3-7-14)27-16(24)9-15-11-28-18(21-15)13-5-4-8-20-10-13/h4-5,8,10-12,14H,2-3,6-7,9H2,1H3,(H2,22,23,25,26)/t12-/m1/s1. The lowest BCUT2D eigenvalue weighted by molar-refractivity contribution is -0.153. The number of carbonyl (C=O) groups is 3. The molecule has 0 aliphatic heterocycles. The molecule has 3 rings (SSSR count). The maximum atomic E-state index is 12.1. The zero-order chi connectivity index (χ0) is 19.9. The van der Waals surface area contributed by atoms with Crippen molar-refractivity contribution in [2.45, 2.75) is 51.2 Å². The number of urea groups is 1. The van der Waals surface area contributed by atoms with Crippen molar-refractivity contribution >= 4 is 29.2 Å². The second kappa shape index (κ2) is 9.41. The summed E-state index contributed by atoms with van der Waals surface area (Å²) in [4.78, 5) is 44.4. The van der Waals surface area contributed by atoms with Gasteiger partial charge in [-0.05, 0) is 31.9 Å². The van der Waals surface area contributed by atoms with E-state index in [2.05, 4.69) is 20.6 Å². The van der Waals surface area contributed by atoms with Crippen LogP contribution in [-0.2, 0) is 20.7 Å². The van der Waals surface area contributed by atoms with Crippen molar-refractivity contribution in [2.24, 2.45) is 0 Å². The van der Waals surface area contributed by atoms with Gasteiger partial charge >= 0.3 is 12.0 Å². The number of hydrogen-bond donors (Lipinski definition) is 2. The number of aromatic nitrogens is 2. The first-order valence-electron chi connectivity index (χ1n) is 9.17. The van der Waals surface area contributed by atoms with Gasteiger partial charge in [-0.2, -0.15) is 0 Å². The summed E-state index contributed by atoms with van der Waals surface area (Å²) in [6.07, 6.45) is 6.24. The van der Waals surface area contributed by atoms with Crippen molar-refractivity contribution in [1.82, 2.24) is 20.6 Å². The molecule has 0 radical (unpaired) electrons. The molecule has 1 aliphatic rings. The zero-order valence-corrected chi connectivity index (χ0v) is 16.3. The summed E-state index contributed by atoms with van der Waals surface area (Å²) >= 11 is 1.40. The minimum Gasteiger partial charge on any atom is -0.452 e. The van der Waals surface area contributed by atoms with Crippen LogP contribution in [0.25, 0.3) is 10.6 Å². The van der Waals surface area contributed by atoms with E-state index in [-0.39, 0.29) is 12.5 Å². The largest absolute Gasteiger partial charge is 0.452 e. The van der Waals surface area contributed by atoms with Crippen molar-refractivity contribution in [3.05, 3.63) is 35.6 Å². The summed E-state index contributed by atoms with van der Waals surface area (Å²) in [7, 11) is 0. The van der Waals surface area contributed by atoms with Gasteiger partial charge in [-0.1, -0.05) is 12.8 Å². The molecule has 8 nitrogen and oxygen atoms in total. The molecule has 0 spiro atoms. The molecule has 2 N–H and O–H groups in total. The van der Waals surface area contributed by atoms with E-state index >= 15 is 0 Å². The number of nitrogens with zero attached hydrogens (tertiary/aromatic N) is 2. The molecule has 0 unspecified atom stereocenters. The average Bonchev–Trinajstić information content (AvgIpc) is 3.34. The number of thiazole rings is 1. The van der Waals surface area contributed by atoms with E-state index in [0.29, 0.717) is 5.69 Å². The Labute approximate surface area is 166 Å². The quantitative estimate of drug-likeness (QED) is 0.718. The van der Waals surface area contributed by atoms with Gasteiger partial charge in [0.15, 0.2) is 6.10 Å². The first-order chi connectivity index (χ1) is 13.5. The van der Waals surface area contributed by atoms with Crippen molar-refractivity contribution in [3.8, 4) is 10.6 Å². The molecule has 148 valence electrons. The van der Waals surface area contributed by atoms with Gasteiger partial charge in [-0.15, -0.1) is 11.3 Å². The Morgan fingerprint density at radius 2 is 2.11 bits per heavy atom. The fourth-order valence-corrected chi connectivity index (χ4v) is 3.77. The van der Waals surface area contributed by atoms with Gasteiger partial charge < -0.3 is 10.1 Å². The van der Waals surface area contributed by atoms with E-state index in [1.165, 1.54) is 18.3 Å². The normalized spacial score (nSPS) is 15.0. The molecular weight excluding hydrogens is 380 g/mol. The van der Waals surface area contributed by atoms with E-state index in [1.54, 1.807) is 17.8 Å². The molecule has 1 saturated carbocycles. The summed E-state index contributed by atoms with van der Waals surface area (Å²) in [5, 5.41) is 7.49. The molecule has 1 atom stereocenters. The average molecular weight is 402 g/mol. The Balaban J connectivity index is 1.45. The molecule has 28 heavy (non-hydrogen) atoms. The van der Waals surface area contributed by atoms with E-state index in [4.69, 9.17) is 4.74 Å². The highest BCUT2D eigenvalue weighted by molar-refractivity contribution is 7.13. The summed E-state index contributed by atoms with van der Waals surface area (Å²) < 4.78 is 5.12. The number of pyridine rings is 1. The van der Waals surface area contributed by atoms with Crippen molar-refractivity contribution in [2.75, 3.05) is 0 Å². The van der Waals surface area contributed by atoms with Crippen molar-refractivity contribution in [3.63, 3.8) is 0 Å². The maximum absolute atomic E-state index is 12.1. The Morgan fingerprint density at radius 3 is 2.82 bits per heavy atom. The summed E-state index contributed by atoms with van der Waals surface area (Å²) in [5.74, 6) is -1.24. The predicted molar refractivity (Wildman–Crippen MR) is 104 cm³/mol. The van der Waals surface area contributed by atoms with Crippen LogP contribution in [0.2, 0.25) is 0 Å². The van der Waals surface area contributed by atoms with E-state index in [0.717, 1.165) is 36.3 Å². The maximum Gasteiger partial charge on any atom is 0.321 e. The number of rotatable bonds is 6. The topological polar surface area (TPSA) is 110 Å². The molecule has 0 aromatic carbocycles. The summed E-state index contributed by atoms with van der Waals surface area (Å²) in [6, 6.07) is 3.25. The minimum absolute atomic E-state index is 0.0529. The van der Waals surface area contributed by atoms with Gasteiger partial charge in [0.2, 0.25) is 0 Å². The molecule has 0 bridgehead atoms. The number of amides is 3. The molecule has 0 saturated heterocycles. The highest BCUT2D eigenvalue weighted by Crippen LogP contribution is 2.23. The number of carbonyl (C=O) groups excluding carboxylic acids is 3. The molecule has 3 amide bonds. The fraction of sp³-hybridized carbons (Fsp3) is 0.421. The number of imide groups is 1. The van der Waals surface area contributed by atoms with E-state index < -0.39 is 24.0 Å². The summed E-state index contributed by atoms with van der Waals surface area (Å²) in [5.41, 5.74) is 1.42. The van der Waals surface area contributed by atoms with Crippen LogP contribution in [0.15, 0.2) is 29.9 Å². The first-order valence-corrected chi connectivity index (χ1v) is 10.0. The lowest BCUT2D eigenvalue weighted by atomic mass is 10.2. The van der Waals surface area contributed by atoms with Gasteiger partial charge in [0.25, 0.3) is 5.91 Å². The van der Waals surface area contributed by atoms with Gasteiger partial charge in [-0.3, -0.25) is 19.9 Å². The fourth-order valence-electron chi connectivity index (χ4n) is 2.96. The third-order valence-corrected chi connectivity index (χ3v) is 5.33. The minimum atomic E-state index is -1.07.